The van der Waals surface area contributed by atoms with Crippen LogP contribution in [-0.2, 0) is 11.3 Å². The molecule has 2 amide bonds. The maximum Gasteiger partial charge on any atom is 0.315 e. The Balaban J connectivity index is 1.75. The molecule has 0 spiro atoms. The molecule has 6 nitrogen and oxygen atoms in total. The molecule has 3 N–H and O–H groups in total. The Morgan fingerprint density at radius 3 is 2.59 bits per heavy atom. The van der Waals surface area contributed by atoms with E-state index in [2.05, 4.69) is 27.7 Å². The number of carbonyl (C=O) groups excluding carboxylic acids is 1. The third-order valence-corrected chi connectivity index (χ3v) is 3.69. The number of nitrogens with zero attached hydrogens (tertiary/aromatic N) is 1. The lowest BCUT2D eigenvalue weighted by molar-refractivity contribution is 0.122. The second-order valence-corrected chi connectivity index (χ2v) is 5.62. The molecule has 2 rings (SSSR count). The van der Waals surface area contributed by atoms with Crippen LogP contribution in [0.25, 0.3) is 0 Å². The maximum absolute atomic E-state index is 11.6. The van der Waals surface area contributed by atoms with Crippen LogP contribution in [0.2, 0.25) is 0 Å². The number of nitrogens with one attached hydrogen (secondary N) is 2. The highest BCUT2D eigenvalue weighted by Gasteiger charge is 2.10. The number of anilines is 1. The van der Waals surface area contributed by atoms with Crippen LogP contribution >= 0.6 is 0 Å². The third-order valence-electron chi connectivity index (χ3n) is 3.69. The molecule has 1 aliphatic heterocycles. The fourth-order valence-corrected chi connectivity index (χ4v) is 2.22. The fraction of sp³-hybridized carbons (Fsp3) is 0.562. The topological polar surface area (TPSA) is 73.8 Å². The van der Waals surface area contributed by atoms with Crippen LogP contribution in [0.5, 0.6) is 0 Å². The predicted molar refractivity (Wildman–Crippen MR) is 86.0 cm³/mol. The molecule has 0 aliphatic carbocycles. The maximum atomic E-state index is 11.6. The molecule has 1 aromatic carbocycles. The minimum atomic E-state index is -0.211. The van der Waals surface area contributed by atoms with Gasteiger partial charge in [-0.15, -0.1) is 0 Å². The van der Waals surface area contributed by atoms with Crippen LogP contribution in [0, 0.1) is 5.92 Å². The van der Waals surface area contributed by atoms with Crippen LogP contribution in [0.4, 0.5) is 10.5 Å². The highest BCUT2D eigenvalue weighted by molar-refractivity contribution is 5.73. The molecule has 1 heterocycles. The lowest BCUT2D eigenvalue weighted by atomic mass is 10.2. The summed E-state index contributed by atoms with van der Waals surface area (Å²) in [6, 6.07) is 8.00. The first kappa shape index (κ1) is 16.6. The largest absolute Gasteiger partial charge is 0.396 e. The zero-order valence-corrected chi connectivity index (χ0v) is 13.0. The van der Waals surface area contributed by atoms with Crippen molar-refractivity contribution in [1.29, 1.82) is 0 Å². The van der Waals surface area contributed by atoms with Gasteiger partial charge in [-0.3, -0.25) is 0 Å². The smallest absolute Gasteiger partial charge is 0.315 e. The van der Waals surface area contributed by atoms with Crippen molar-refractivity contribution in [3.63, 3.8) is 0 Å². The van der Waals surface area contributed by atoms with Crippen molar-refractivity contribution in [2.75, 3.05) is 44.4 Å². The van der Waals surface area contributed by atoms with E-state index >= 15 is 0 Å². The van der Waals surface area contributed by atoms with E-state index in [0.29, 0.717) is 13.1 Å². The van der Waals surface area contributed by atoms with E-state index in [9.17, 15) is 4.79 Å². The first-order chi connectivity index (χ1) is 10.7. The molecular weight excluding hydrogens is 282 g/mol. The number of carbonyl (C=O) groups is 1. The Kier molecular flexibility index (Phi) is 6.48. The lowest BCUT2D eigenvalue weighted by Crippen LogP contribution is -2.38. The number of benzene rings is 1. The van der Waals surface area contributed by atoms with Crippen LogP contribution in [0.3, 0.4) is 0 Å². The first-order valence-electron chi connectivity index (χ1n) is 7.73. The van der Waals surface area contributed by atoms with Gasteiger partial charge in [-0.1, -0.05) is 19.1 Å². The summed E-state index contributed by atoms with van der Waals surface area (Å²) in [6.07, 6.45) is 0. The summed E-state index contributed by atoms with van der Waals surface area (Å²) in [5, 5.41) is 14.5. The SMILES string of the molecule is CC(CO)CNC(=O)NCc1ccc(N2CCOCC2)cc1. The minimum Gasteiger partial charge on any atom is -0.396 e. The van der Waals surface area contributed by atoms with Gasteiger partial charge in [0.15, 0.2) is 0 Å². The highest BCUT2D eigenvalue weighted by Crippen LogP contribution is 2.16. The van der Waals surface area contributed by atoms with E-state index in [4.69, 9.17) is 9.84 Å². The van der Waals surface area contributed by atoms with Crippen LogP contribution in [0.15, 0.2) is 24.3 Å². The van der Waals surface area contributed by atoms with Gasteiger partial charge in [-0.2, -0.15) is 0 Å². The third kappa shape index (κ3) is 5.20. The zero-order valence-electron chi connectivity index (χ0n) is 13.0. The van der Waals surface area contributed by atoms with E-state index in [1.807, 2.05) is 19.1 Å². The van der Waals surface area contributed by atoms with Crippen molar-refractivity contribution in [2.45, 2.75) is 13.5 Å². The van der Waals surface area contributed by atoms with E-state index in [0.717, 1.165) is 31.9 Å². The average molecular weight is 307 g/mol. The molecular formula is C16H25N3O3. The quantitative estimate of drug-likeness (QED) is 0.731. The predicted octanol–water partition coefficient (Wildman–Crippen LogP) is 0.951. The number of urea groups is 1. The molecule has 1 aromatic rings. The zero-order chi connectivity index (χ0) is 15.8. The van der Waals surface area contributed by atoms with Gasteiger partial charge >= 0.3 is 6.03 Å². The summed E-state index contributed by atoms with van der Waals surface area (Å²) in [6.45, 7) is 6.30. The first-order valence-corrected chi connectivity index (χ1v) is 7.73. The summed E-state index contributed by atoms with van der Waals surface area (Å²) in [5.74, 6) is 0.0681. The molecule has 6 heteroatoms. The number of hydrogen-bond donors (Lipinski definition) is 3. The molecule has 122 valence electrons. The Morgan fingerprint density at radius 1 is 1.27 bits per heavy atom. The molecule has 1 unspecified atom stereocenters. The number of aliphatic hydroxyl groups excluding tert-OH is 1. The molecule has 1 saturated heterocycles. The van der Waals surface area contributed by atoms with E-state index in [1.165, 1.54) is 5.69 Å². The summed E-state index contributed by atoms with van der Waals surface area (Å²) in [7, 11) is 0. The van der Waals surface area contributed by atoms with Gasteiger partial charge < -0.3 is 25.4 Å². The Labute approximate surface area is 131 Å². The van der Waals surface area contributed by atoms with Crippen molar-refractivity contribution in [3.05, 3.63) is 29.8 Å². The fourth-order valence-electron chi connectivity index (χ4n) is 2.22. The van der Waals surface area contributed by atoms with Crippen LogP contribution in [-0.4, -0.2) is 50.6 Å². The second-order valence-electron chi connectivity index (χ2n) is 5.62. The molecule has 1 atom stereocenters. The number of rotatable bonds is 6. The van der Waals surface area contributed by atoms with E-state index < -0.39 is 0 Å². The lowest BCUT2D eigenvalue weighted by Gasteiger charge is -2.28. The Morgan fingerprint density at radius 2 is 1.95 bits per heavy atom. The van der Waals surface area contributed by atoms with Gasteiger partial charge in [0.2, 0.25) is 0 Å². The summed E-state index contributed by atoms with van der Waals surface area (Å²) < 4.78 is 5.35. The summed E-state index contributed by atoms with van der Waals surface area (Å²) >= 11 is 0. The van der Waals surface area contributed by atoms with Gasteiger partial charge in [0.25, 0.3) is 0 Å². The summed E-state index contributed by atoms with van der Waals surface area (Å²) in [4.78, 5) is 13.9. The molecule has 1 fully saturated rings. The molecule has 22 heavy (non-hydrogen) atoms. The number of amides is 2. The van der Waals surface area contributed by atoms with Gasteiger partial charge in [0.05, 0.1) is 13.2 Å². The number of hydrogen-bond acceptors (Lipinski definition) is 4. The molecule has 0 bridgehead atoms. The van der Waals surface area contributed by atoms with Crippen LogP contribution in [0.1, 0.15) is 12.5 Å². The molecule has 0 aromatic heterocycles. The summed E-state index contributed by atoms with van der Waals surface area (Å²) in [5.41, 5.74) is 2.25. The standard InChI is InChI=1S/C16H25N3O3/c1-13(12-20)10-17-16(21)18-11-14-2-4-15(5-3-14)19-6-8-22-9-7-19/h2-5,13,20H,6-12H2,1H3,(H2,17,18,21). The van der Waals surface area contributed by atoms with Crippen molar-refractivity contribution >= 4 is 11.7 Å². The molecule has 0 radical (unpaired) electrons. The van der Waals surface area contributed by atoms with Crippen molar-refractivity contribution in [3.8, 4) is 0 Å². The Hall–Kier alpha value is -1.79. The minimum absolute atomic E-state index is 0.0681. The van der Waals surface area contributed by atoms with Gasteiger partial charge in [-0.05, 0) is 23.6 Å². The van der Waals surface area contributed by atoms with E-state index in [-0.39, 0.29) is 18.6 Å². The number of morpholine rings is 1. The Bertz CT molecular complexity index is 458. The highest BCUT2D eigenvalue weighted by atomic mass is 16.5. The van der Waals surface area contributed by atoms with E-state index in [1.54, 1.807) is 0 Å². The molecule has 0 saturated carbocycles. The number of ether oxygens (including phenoxy) is 1. The van der Waals surface area contributed by atoms with Gasteiger partial charge in [-0.25, -0.2) is 4.79 Å². The van der Waals surface area contributed by atoms with Crippen LogP contribution < -0.4 is 15.5 Å². The van der Waals surface area contributed by atoms with Crippen molar-refractivity contribution in [1.82, 2.24) is 10.6 Å². The van der Waals surface area contributed by atoms with Crippen molar-refractivity contribution < 1.29 is 14.6 Å². The van der Waals surface area contributed by atoms with Crippen molar-refractivity contribution in [2.24, 2.45) is 5.92 Å². The molecule has 1 aliphatic rings. The number of aliphatic hydroxyl groups is 1. The van der Waals surface area contributed by atoms with Gasteiger partial charge in [0, 0.05) is 38.5 Å². The normalized spacial score (nSPS) is 16.2. The van der Waals surface area contributed by atoms with Gasteiger partial charge in [0.1, 0.15) is 0 Å². The second kappa shape index (κ2) is 8.60. The average Bonchev–Trinajstić information content (AvgIpc) is 2.59. The monoisotopic (exact) mass is 307 g/mol.